The average molecular weight is 603 g/mol. The molecular formula is C30H39F3N7O3+. The fraction of sp³-hybridized carbons (Fsp3) is 0.400. The number of aryl methyl sites for hydroxylation is 1. The van der Waals surface area contributed by atoms with Crippen LogP contribution in [0.15, 0.2) is 64.0 Å². The minimum absolute atomic E-state index is 0.184. The minimum atomic E-state index is -4.26. The number of halogens is 3. The van der Waals surface area contributed by atoms with Gasteiger partial charge in [-0.1, -0.05) is 18.2 Å². The zero-order valence-electron chi connectivity index (χ0n) is 24.8. The van der Waals surface area contributed by atoms with Gasteiger partial charge in [0.15, 0.2) is 6.54 Å². The highest BCUT2D eigenvalue weighted by molar-refractivity contribution is 5.89. The number of alkyl halides is 3. The molecule has 0 bridgehead atoms. The molecule has 2 aromatic carbocycles. The van der Waals surface area contributed by atoms with Gasteiger partial charge in [-0.2, -0.15) is 23.6 Å². The van der Waals surface area contributed by atoms with Gasteiger partial charge < -0.3 is 16.0 Å². The first-order valence-electron chi connectivity index (χ1n) is 13.9. The van der Waals surface area contributed by atoms with Gasteiger partial charge in [-0.05, 0) is 53.4 Å². The van der Waals surface area contributed by atoms with Crippen molar-refractivity contribution in [2.75, 3.05) is 56.5 Å². The van der Waals surface area contributed by atoms with Gasteiger partial charge in [0.1, 0.15) is 11.5 Å². The predicted molar refractivity (Wildman–Crippen MR) is 164 cm³/mol. The maximum absolute atomic E-state index is 13.6. The zero-order chi connectivity index (χ0) is 31.5. The molecule has 3 aromatic rings. The van der Waals surface area contributed by atoms with Crippen LogP contribution in [0.2, 0.25) is 0 Å². The molecule has 1 aromatic heterocycles. The molecule has 0 radical (unpaired) electrons. The number of nitrogens with zero attached hydrogens (tertiary/aromatic N) is 5. The Labute approximate surface area is 248 Å². The zero-order valence-corrected chi connectivity index (χ0v) is 24.8. The number of benzene rings is 2. The lowest BCUT2D eigenvalue weighted by molar-refractivity contribution is -0.284. The number of para-hydroxylation sites is 2. The van der Waals surface area contributed by atoms with E-state index in [0.717, 1.165) is 11.1 Å². The summed E-state index contributed by atoms with van der Waals surface area (Å²) in [6.07, 6.45) is -1.55. The molecule has 1 fully saturated rings. The van der Waals surface area contributed by atoms with Crippen LogP contribution in [0.5, 0.6) is 0 Å². The number of nitrogens with two attached hydrogens (primary N) is 1. The normalized spacial score (nSPS) is 16.3. The number of hydrogen-bond acceptors (Lipinski definition) is 8. The number of hydroxylamine groups is 2. The Morgan fingerprint density at radius 3 is 2.44 bits per heavy atom. The van der Waals surface area contributed by atoms with Gasteiger partial charge in [0.05, 0.1) is 6.54 Å². The molecule has 10 nitrogen and oxygen atoms in total. The second-order valence-corrected chi connectivity index (χ2v) is 11.0. The van der Waals surface area contributed by atoms with E-state index < -0.39 is 17.5 Å². The second kappa shape index (κ2) is 12.8. The van der Waals surface area contributed by atoms with E-state index in [1.807, 2.05) is 36.9 Å². The molecule has 5 N–H and O–H groups in total. The van der Waals surface area contributed by atoms with E-state index in [0.29, 0.717) is 40.9 Å². The summed E-state index contributed by atoms with van der Waals surface area (Å²) < 4.78 is 40.3. The molecule has 1 aliphatic heterocycles. The smallest absolute Gasteiger partial charge is 0.401 e. The topological polar surface area (TPSA) is 119 Å². The third-order valence-electron chi connectivity index (χ3n) is 7.65. The number of quaternary nitrogens is 1. The van der Waals surface area contributed by atoms with E-state index in [1.165, 1.54) is 17.3 Å². The monoisotopic (exact) mass is 602 g/mol. The van der Waals surface area contributed by atoms with Gasteiger partial charge >= 0.3 is 6.18 Å². The van der Waals surface area contributed by atoms with E-state index in [2.05, 4.69) is 10.3 Å². The highest BCUT2D eigenvalue weighted by Gasteiger charge is 2.33. The summed E-state index contributed by atoms with van der Waals surface area (Å²) in [4.78, 5) is 19.3. The van der Waals surface area contributed by atoms with Crippen LogP contribution in [-0.4, -0.2) is 78.6 Å². The second-order valence-electron chi connectivity index (χ2n) is 11.0. The first-order chi connectivity index (χ1) is 20.2. The maximum atomic E-state index is 13.6. The van der Waals surface area contributed by atoms with E-state index in [1.54, 1.807) is 42.9 Å². The van der Waals surface area contributed by atoms with Crippen LogP contribution < -0.4 is 26.3 Å². The summed E-state index contributed by atoms with van der Waals surface area (Å²) in [5, 5.41) is 26.6. The van der Waals surface area contributed by atoms with Crippen molar-refractivity contribution >= 4 is 34.2 Å². The standard InChI is InChI=1S/C30H39F3N7O3/c1-20-13-23(21(2)36-26-7-5-6-8-27(26)40(42,43)18-22(16-34)17-35-3)24-15-28(37(4)29(41)25(24)14-20)39-11-9-38(10-12-39)19-30(31,32)33/h5-8,13-17,21,36,42-43H,9-12,18-19,34H2,1-4H3/q+1/b22-16+,35-17?. The molecule has 1 unspecified atom stereocenters. The van der Waals surface area contributed by atoms with Gasteiger partial charge in [0.25, 0.3) is 5.56 Å². The lowest BCUT2D eigenvalue weighted by Gasteiger charge is -2.37. The number of fused-ring (bicyclic) bond motifs is 1. The largest absolute Gasteiger partial charge is 0.404 e. The van der Waals surface area contributed by atoms with Crippen LogP contribution in [0.25, 0.3) is 10.8 Å². The van der Waals surface area contributed by atoms with Crippen LogP contribution in [0.1, 0.15) is 24.1 Å². The van der Waals surface area contributed by atoms with Crippen molar-refractivity contribution in [1.29, 1.82) is 0 Å². The number of pyridine rings is 1. The molecule has 1 saturated heterocycles. The number of aromatic nitrogens is 1. The number of aliphatic imine (C=N–C) groups is 1. The SMILES string of the molecule is CN=C/C(=C\N)C[N+](O)(O)c1ccccc1NC(C)c1cc(C)cc2c(=O)n(C)c(N3CCN(CC(F)(F)F)CC3)cc12. The Kier molecular flexibility index (Phi) is 9.50. The summed E-state index contributed by atoms with van der Waals surface area (Å²) in [5.74, 6) is 0.627. The molecule has 2 heterocycles. The molecule has 1 atom stereocenters. The first-order valence-corrected chi connectivity index (χ1v) is 13.9. The van der Waals surface area contributed by atoms with E-state index >= 15 is 0 Å². The summed E-state index contributed by atoms with van der Waals surface area (Å²) in [6.45, 7) is 3.78. The molecule has 0 spiro atoms. The van der Waals surface area contributed by atoms with Gasteiger partial charge in [0.2, 0.25) is 5.69 Å². The van der Waals surface area contributed by atoms with Crippen LogP contribution in [0, 0.1) is 6.92 Å². The molecule has 43 heavy (non-hydrogen) atoms. The molecular weight excluding hydrogens is 563 g/mol. The lowest BCUT2D eigenvalue weighted by Crippen LogP contribution is -2.50. The summed E-state index contributed by atoms with van der Waals surface area (Å²) in [7, 11) is 3.23. The van der Waals surface area contributed by atoms with Gasteiger partial charge in [0, 0.05) is 75.8 Å². The molecule has 1 aliphatic rings. The molecule has 232 valence electrons. The first kappa shape index (κ1) is 32.0. The third kappa shape index (κ3) is 7.36. The minimum Gasteiger partial charge on any atom is -0.404 e. The Hall–Kier alpha value is -3.91. The highest BCUT2D eigenvalue weighted by Crippen LogP contribution is 2.35. The van der Waals surface area contributed by atoms with E-state index in [9.17, 15) is 28.4 Å². The van der Waals surface area contributed by atoms with Crippen molar-refractivity contribution in [3.8, 4) is 0 Å². The van der Waals surface area contributed by atoms with Crippen molar-refractivity contribution < 1.29 is 23.6 Å². The van der Waals surface area contributed by atoms with E-state index in [4.69, 9.17) is 5.73 Å². The van der Waals surface area contributed by atoms with Crippen LogP contribution in [0.3, 0.4) is 0 Å². The quantitative estimate of drug-likeness (QED) is 0.164. The van der Waals surface area contributed by atoms with Crippen LogP contribution >= 0.6 is 0 Å². The highest BCUT2D eigenvalue weighted by atomic mass is 19.4. The Morgan fingerprint density at radius 1 is 1.14 bits per heavy atom. The fourth-order valence-corrected chi connectivity index (χ4v) is 5.59. The average Bonchev–Trinajstić information content (AvgIpc) is 2.94. The number of nitrogens with one attached hydrogen (secondary N) is 1. The molecule has 0 saturated carbocycles. The predicted octanol–water partition coefficient (Wildman–Crippen LogP) is 4.33. The number of anilines is 2. The van der Waals surface area contributed by atoms with Gasteiger partial charge in [-0.3, -0.25) is 19.3 Å². The summed E-state index contributed by atoms with van der Waals surface area (Å²) >= 11 is 0. The molecule has 13 heteroatoms. The molecule has 0 aliphatic carbocycles. The number of rotatable bonds is 9. The van der Waals surface area contributed by atoms with Crippen molar-refractivity contribution in [3.63, 3.8) is 0 Å². The van der Waals surface area contributed by atoms with Crippen molar-refractivity contribution in [2.24, 2.45) is 17.8 Å². The summed E-state index contributed by atoms with van der Waals surface area (Å²) in [5.41, 5.74) is 8.20. The Balaban J connectivity index is 1.69. The lowest BCUT2D eigenvalue weighted by atomic mass is 9.97. The van der Waals surface area contributed by atoms with Crippen molar-refractivity contribution in [3.05, 3.63) is 75.7 Å². The Morgan fingerprint density at radius 2 is 1.81 bits per heavy atom. The molecule has 0 amide bonds. The van der Waals surface area contributed by atoms with Gasteiger partial charge in [-0.25, -0.2) is 0 Å². The third-order valence-corrected chi connectivity index (χ3v) is 7.65. The Bertz CT molecular complexity index is 1580. The van der Waals surface area contributed by atoms with Crippen LogP contribution in [0.4, 0.5) is 30.4 Å². The fourth-order valence-electron chi connectivity index (χ4n) is 5.59. The number of hydrogen-bond donors (Lipinski definition) is 4. The maximum Gasteiger partial charge on any atom is 0.401 e. The summed E-state index contributed by atoms with van der Waals surface area (Å²) in [6, 6.07) is 12.1. The number of piperazine rings is 1. The van der Waals surface area contributed by atoms with Gasteiger partial charge in [-0.15, -0.1) is 0 Å². The van der Waals surface area contributed by atoms with E-state index in [-0.39, 0.29) is 36.9 Å². The van der Waals surface area contributed by atoms with Crippen LogP contribution in [-0.2, 0) is 7.05 Å². The van der Waals surface area contributed by atoms with Crippen molar-refractivity contribution in [1.82, 2.24) is 14.3 Å². The van der Waals surface area contributed by atoms with Crippen molar-refractivity contribution in [2.45, 2.75) is 26.1 Å². The molecule has 4 rings (SSSR count).